The van der Waals surface area contributed by atoms with Crippen molar-refractivity contribution >= 4 is 11.9 Å². The number of esters is 1. The summed E-state index contributed by atoms with van der Waals surface area (Å²) in [5, 5.41) is 0. The molecule has 0 aromatic heterocycles. The molecule has 2 unspecified atom stereocenters. The second kappa shape index (κ2) is 4.56. The van der Waals surface area contributed by atoms with Crippen molar-refractivity contribution in [3.8, 4) is 0 Å². The lowest BCUT2D eigenvalue weighted by Gasteiger charge is -2.27. The van der Waals surface area contributed by atoms with Gasteiger partial charge in [-0.05, 0) is 46.0 Å². The summed E-state index contributed by atoms with van der Waals surface area (Å²) in [6.07, 6.45) is 2.61. The maximum Gasteiger partial charge on any atom is 0.329 e. The summed E-state index contributed by atoms with van der Waals surface area (Å²) in [7, 11) is 0. The molecule has 1 aliphatic heterocycles. The van der Waals surface area contributed by atoms with Crippen LogP contribution in [0, 0.1) is 11.8 Å². The Bertz CT molecular complexity index is 359. The molecule has 2 rings (SSSR count). The first-order valence-electron chi connectivity index (χ1n) is 6.83. The molecule has 0 N–H and O–H groups in total. The van der Waals surface area contributed by atoms with Crippen molar-refractivity contribution in [2.75, 3.05) is 6.54 Å². The second-order valence-electron chi connectivity index (χ2n) is 6.54. The number of carbonyl (C=O) groups is 2. The van der Waals surface area contributed by atoms with E-state index in [1.54, 1.807) is 4.90 Å². The first-order valence-corrected chi connectivity index (χ1v) is 6.83. The van der Waals surface area contributed by atoms with Gasteiger partial charge in [0.1, 0.15) is 11.6 Å². The van der Waals surface area contributed by atoms with Gasteiger partial charge in [-0.15, -0.1) is 0 Å². The van der Waals surface area contributed by atoms with Crippen LogP contribution in [-0.4, -0.2) is 35.0 Å². The quantitative estimate of drug-likeness (QED) is 0.707. The van der Waals surface area contributed by atoms with Gasteiger partial charge in [-0.2, -0.15) is 0 Å². The van der Waals surface area contributed by atoms with E-state index in [0.717, 1.165) is 19.3 Å². The van der Waals surface area contributed by atoms with E-state index in [0.29, 0.717) is 12.5 Å². The summed E-state index contributed by atoms with van der Waals surface area (Å²) < 4.78 is 5.40. The number of likely N-dealkylation sites (tertiary alicyclic amines) is 1. The van der Waals surface area contributed by atoms with Gasteiger partial charge >= 0.3 is 5.97 Å². The van der Waals surface area contributed by atoms with Crippen LogP contribution >= 0.6 is 0 Å². The van der Waals surface area contributed by atoms with Gasteiger partial charge in [0.05, 0.1) is 0 Å². The average Bonchev–Trinajstić information content (AvgIpc) is 2.79. The molecular weight excluding hydrogens is 230 g/mol. The second-order valence-corrected chi connectivity index (χ2v) is 6.54. The van der Waals surface area contributed by atoms with E-state index in [1.165, 1.54) is 0 Å². The van der Waals surface area contributed by atoms with Crippen LogP contribution in [0.1, 0.15) is 47.0 Å². The molecule has 0 radical (unpaired) electrons. The number of carbonyl (C=O) groups excluding carboxylic acids is 2. The Balaban J connectivity index is 1.99. The molecule has 0 aromatic carbocycles. The van der Waals surface area contributed by atoms with Crippen molar-refractivity contribution in [2.45, 2.75) is 58.6 Å². The van der Waals surface area contributed by atoms with Crippen molar-refractivity contribution in [3.63, 3.8) is 0 Å². The summed E-state index contributed by atoms with van der Waals surface area (Å²) in [5.41, 5.74) is -0.485. The Morgan fingerprint density at radius 3 is 2.39 bits per heavy atom. The van der Waals surface area contributed by atoms with E-state index >= 15 is 0 Å². The van der Waals surface area contributed by atoms with Crippen molar-refractivity contribution in [2.24, 2.45) is 11.8 Å². The Morgan fingerprint density at radius 1 is 1.28 bits per heavy atom. The van der Waals surface area contributed by atoms with Crippen LogP contribution in [0.4, 0.5) is 0 Å². The van der Waals surface area contributed by atoms with Gasteiger partial charge in [0.2, 0.25) is 5.91 Å². The highest BCUT2D eigenvalue weighted by molar-refractivity contribution is 5.88. The average molecular weight is 253 g/mol. The maximum absolute atomic E-state index is 12.2. The zero-order valence-corrected chi connectivity index (χ0v) is 11.7. The van der Waals surface area contributed by atoms with Crippen molar-refractivity contribution in [1.82, 2.24) is 4.90 Å². The van der Waals surface area contributed by atoms with Crippen LogP contribution in [0.2, 0.25) is 0 Å². The third kappa shape index (κ3) is 2.85. The maximum atomic E-state index is 12.2. The Morgan fingerprint density at radius 2 is 1.89 bits per heavy atom. The highest BCUT2D eigenvalue weighted by atomic mass is 16.6. The normalized spacial score (nSPS) is 31.3. The van der Waals surface area contributed by atoms with E-state index in [9.17, 15) is 9.59 Å². The van der Waals surface area contributed by atoms with Gasteiger partial charge in [-0.1, -0.05) is 6.92 Å². The lowest BCUT2D eigenvalue weighted by atomic mass is 10.1. The SMILES string of the molecule is CC1CC1C(=O)N1CCC[C@H]1C(=O)OC(C)(C)C. The highest BCUT2D eigenvalue weighted by Crippen LogP contribution is 2.40. The fourth-order valence-corrected chi connectivity index (χ4v) is 2.52. The molecule has 0 bridgehead atoms. The first-order chi connectivity index (χ1) is 8.29. The van der Waals surface area contributed by atoms with Gasteiger partial charge in [0.25, 0.3) is 0 Å². The van der Waals surface area contributed by atoms with Crippen LogP contribution in [0.3, 0.4) is 0 Å². The van der Waals surface area contributed by atoms with Gasteiger partial charge in [-0.25, -0.2) is 4.79 Å². The number of hydrogen-bond donors (Lipinski definition) is 0. The summed E-state index contributed by atoms with van der Waals surface area (Å²) >= 11 is 0. The molecule has 102 valence electrons. The van der Waals surface area contributed by atoms with E-state index in [4.69, 9.17) is 4.74 Å². The molecule has 1 heterocycles. The number of amides is 1. The standard InChI is InChI=1S/C14H23NO3/c1-9-8-10(9)12(16)15-7-5-6-11(15)13(17)18-14(2,3)4/h9-11H,5-8H2,1-4H3/t9?,10?,11-/m0/s1. The monoisotopic (exact) mass is 253 g/mol. The Kier molecular flexibility index (Phi) is 3.39. The van der Waals surface area contributed by atoms with Gasteiger partial charge in [0, 0.05) is 12.5 Å². The molecule has 1 amide bonds. The molecular formula is C14H23NO3. The molecule has 18 heavy (non-hydrogen) atoms. The lowest BCUT2D eigenvalue weighted by Crippen LogP contribution is -2.44. The zero-order chi connectivity index (χ0) is 13.5. The smallest absolute Gasteiger partial charge is 0.329 e. The van der Waals surface area contributed by atoms with Crippen molar-refractivity contribution in [1.29, 1.82) is 0 Å². The van der Waals surface area contributed by atoms with Crippen molar-refractivity contribution in [3.05, 3.63) is 0 Å². The molecule has 1 saturated carbocycles. The Labute approximate surface area is 109 Å². The predicted molar refractivity (Wildman–Crippen MR) is 67.9 cm³/mol. The number of nitrogens with zero attached hydrogens (tertiary/aromatic N) is 1. The minimum atomic E-state index is -0.485. The highest BCUT2D eigenvalue weighted by Gasteiger charge is 2.46. The summed E-state index contributed by atoms with van der Waals surface area (Å²) in [4.78, 5) is 26.0. The van der Waals surface area contributed by atoms with Gasteiger partial charge < -0.3 is 9.64 Å². The number of rotatable bonds is 2. The minimum Gasteiger partial charge on any atom is -0.458 e. The molecule has 1 aliphatic carbocycles. The summed E-state index contributed by atoms with van der Waals surface area (Å²) in [5.74, 6) is 0.530. The molecule has 0 aromatic rings. The van der Waals surface area contributed by atoms with E-state index in [-0.39, 0.29) is 23.8 Å². The van der Waals surface area contributed by atoms with E-state index in [2.05, 4.69) is 6.92 Å². The van der Waals surface area contributed by atoms with Crippen LogP contribution in [-0.2, 0) is 14.3 Å². The predicted octanol–water partition coefficient (Wildman–Crippen LogP) is 1.98. The molecule has 2 fully saturated rings. The molecule has 4 heteroatoms. The first kappa shape index (κ1) is 13.4. The fraction of sp³-hybridized carbons (Fsp3) is 0.857. The van der Waals surface area contributed by atoms with Crippen LogP contribution in [0.15, 0.2) is 0 Å². The third-order valence-electron chi connectivity index (χ3n) is 3.64. The summed E-state index contributed by atoms with van der Waals surface area (Å²) in [6, 6.07) is -0.357. The number of ether oxygens (including phenoxy) is 1. The molecule has 2 aliphatic rings. The van der Waals surface area contributed by atoms with Crippen LogP contribution in [0.25, 0.3) is 0 Å². The summed E-state index contributed by atoms with van der Waals surface area (Å²) in [6.45, 7) is 8.35. The molecule has 3 atom stereocenters. The largest absolute Gasteiger partial charge is 0.458 e. The molecule has 1 saturated heterocycles. The van der Waals surface area contributed by atoms with Crippen molar-refractivity contribution < 1.29 is 14.3 Å². The van der Waals surface area contributed by atoms with Gasteiger partial charge in [0.15, 0.2) is 0 Å². The van der Waals surface area contributed by atoms with E-state index < -0.39 is 5.60 Å². The molecule has 4 nitrogen and oxygen atoms in total. The number of hydrogen-bond acceptors (Lipinski definition) is 3. The van der Waals surface area contributed by atoms with Gasteiger partial charge in [-0.3, -0.25) is 4.79 Å². The van der Waals surface area contributed by atoms with Crippen LogP contribution in [0.5, 0.6) is 0 Å². The Hall–Kier alpha value is -1.06. The van der Waals surface area contributed by atoms with E-state index in [1.807, 2.05) is 20.8 Å². The third-order valence-corrected chi connectivity index (χ3v) is 3.64. The molecule has 0 spiro atoms. The topological polar surface area (TPSA) is 46.6 Å². The lowest BCUT2D eigenvalue weighted by molar-refractivity contribution is -0.163. The minimum absolute atomic E-state index is 0.146. The van der Waals surface area contributed by atoms with Crippen LogP contribution < -0.4 is 0 Å². The zero-order valence-electron chi connectivity index (χ0n) is 11.7. The fourth-order valence-electron chi connectivity index (χ4n) is 2.52.